The Morgan fingerprint density at radius 3 is 2.38 bits per heavy atom. The summed E-state index contributed by atoms with van der Waals surface area (Å²) in [5.41, 5.74) is 2.42. The molecule has 166 valence electrons. The topological polar surface area (TPSA) is 117 Å². The van der Waals surface area contributed by atoms with E-state index in [1.54, 1.807) is 38.1 Å². The Labute approximate surface area is 190 Å². The number of amides is 2. The highest BCUT2D eigenvalue weighted by molar-refractivity contribution is 7.99. The van der Waals surface area contributed by atoms with E-state index in [1.165, 1.54) is 0 Å². The Kier molecular flexibility index (Phi) is 7.77. The van der Waals surface area contributed by atoms with Crippen LogP contribution < -0.4 is 16.2 Å². The van der Waals surface area contributed by atoms with E-state index in [9.17, 15) is 14.4 Å². The second kappa shape index (κ2) is 10.7. The molecule has 0 saturated heterocycles. The molecule has 0 spiro atoms. The van der Waals surface area contributed by atoms with E-state index in [0.29, 0.717) is 11.3 Å². The van der Waals surface area contributed by atoms with E-state index in [-0.39, 0.29) is 34.3 Å². The Morgan fingerprint density at radius 1 is 1.00 bits per heavy atom. The minimum absolute atomic E-state index is 0.0725. The number of aromatic amines is 1. The third kappa shape index (κ3) is 5.82. The average Bonchev–Trinajstić information content (AvgIpc) is 2.78. The number of H-pyrrole nitrogens is 1. The Hall–Kier alpha value is -3.46. The van der Waals surface area contributed by atoms with Crippen molar-refractivity contribution in [3.05, 3.63) is 64.4 Å². The van der Waals surface area contributed by atoms with Crippen LogP contribution in [0.2, 0.25) is 0 Å². The molecular formula is C23H25N5O3S. The molecule has 0 atom stereocenters. The van der Waals surface area contributed by atoms with Gasteiger partial charge in [0.2, 0.25) is 11.8 Å². The summed E-state index contributed by atoms with van der Waals surface area (Å²) >= 11 is 1.09. The number of carbonyl (C=O) groups is 2. The van der Waals surface area contributed by atoms with Crippen LogP contribution in [0.5, 0.6) is 0 Å². The van der Waals surface area contributed by atoms with Gasteiger partial charge in [0.25, 0.3) is 5.56 Å². The predicted octanol–water partition coefficient (Wildman–Crippen LogP) is 3.72. The van der Waals surface area contributed by atoms with E-state index in [0.717, 1.165) is 29.4 Å². The Morgan fingerprint density at radius 2 is 1.69 bits per heavy atom. The van der Waals surface area contributed by atoms with E-state index in [1.807, 2.05) is 31.2 Å². The van der Waals surface area contributed by atoms with Gasteiger partial charge in [-0.3, -0.25) is 19.4 Å². The lowest BCUT2D eigenvalue weighted by molar-refractivity contribution is -0.119. The summed E-state index contributed by atoms with van der Waals surface area (Å²) in [6, 6.07) is 14.5. The molecule has 0 saturated carbocycles. The van der Waals surface area contributed by atoms with Crippen molar-refractivity contribution in [3.63, 3.8) is 0 Å². The van der Waals surface area contributed by atoms with Gasteiger partial charge in [-0.15, -0.1) is 10.2 Å². The van der Waals surface area contributed by atoms with Crippen molar-refractivity contribution in [1.82, 2.24) is 15.2 Å². The quantitative estimate of drug-likeness (QED) is 0.450. The van der Waals surface area contributed by atoms with Crippen LogP contribution in [0.25, 0.3) is 11.3 Å². The molecule has 3 rings (SSSR count). The number of carbonyl (C=O) groups excluding carboxylic acids is 2. The fourth-order valence-corrected chi connectivity index (χ4v) is 3.51. The van der Waals surface area contributed by atoms with E-state index >= 15 is 0 Å². The van der Waals surface area contributed by atoms with Gasteiger partial charge in [0, 0.05) is 17.2 Å². The van der Waals surface area contributed by atoms with Crippen molar-refractivity contribution in [3.8, 4) is 11.3 Å². The molecule has 1 aromatic heterocycles. The first-order chi connectivity index (χ1) is 15.4. The number of rotatable bonds is 8. The maximum Gasteiger partial charge on any atom is 0.278 e. The lowest BCUT2D eigenvalue weighted by atomic mass is 10.1. The first-order valence-corrected chi connectivity index (χ1v) is 11.3. The zero-order valence-corrected chi connectivity index (χ0v) is 19.0. The van der Waals surface area contributed by atoms with Crippen LogP contribution in [0, 0.1) is 5.92 Å². The maximum atomic E-state index is 12.6. The first-order valence-electron chi connectivity index (χ1n) is 10.3. The highest BCUT2D eigenvalue weighted by Gasteiger charge is 2.16. The molecule has 1 heterocycles. The molecule has 0 aliphatic carbocycles. The molecule has 9 heteroatoms. The highest BCUT2D eigenvalue weighted by atomic mass is 32.2. The zero-order valence-electron chi connectivity index (χ0n) is 18.1. The largest absolute Gasteiger partial charge is 0.325 e. The average molecular weight is 452 g/mol. The molecule has 3 N–H and O–H groups in total. The standard InChI is InChI=1S/C23H25N5O3S/c1-4-15-9-5-7-11-17(15)24-19(29)13-32-23-26-22(31)20(27-28-23)16-10-6-8-12-18(16)25-21(30)14(2)3/h5-12,14H,4,13H2,1-3H3,(H,24,29)(H,25,30)(H,26,28,31). The van der Waals surface area contributed by atoms with E-state index < -0.39 is 5.56 Å². The fourth-order valence-electron chi connectivity index (χ4n) is 2.91. The van der Waals surface area contributed by atoms with Gasteiger partial charge in [-0.2, -0.15) is 0 Å². The maximum absolute atomic E-state index is 12.6. The number of hydrogen-bond donors (Lipinski definition) is 3. The van der Waals surface area contributed by atoms with Crippen molar-refractivity contribution >= 4 is 35.0 Å². The number of benzene rings is 2. The van der Waals surface area contributed by atoms with Crippen molar-refractivity contribution < 1.29 is 9.59 Å². The molecule has 32 heavy (non-hydrogen) atoms. The Balaban J connectivity index is 1.70. The minimum atomic E-state index is -0.453. The van der Waals surface area contributed by atoms with Gasteiger partial charge in [-0.25, -0.2) is 0 Å². The molecule has 0 aliphatic rings. The molecule has 0 unspecified atom stereocenters. The van der Waals surface area contributed by atoms with E-state index in [2.05, 4.69) is 25.8 Å². The summed E-state index contributed by atoms with van der Waals surface area (Å²) in [6.45, 7) is 5.59. The fraction of sp³-hybridized carbons (Fsp3) is 0.261. The number of nitrogens with one attached hydrogen (secondary N) is 3. The number of anilines is 2. The van der Waals surface area contributed by atoms with Crippen molar-refractivity contribution in [1.29, 1.82) is 0 Å². The normalized spacial score (nSPS) is 10.8. The molecule has 0 fully saturated rings. The second-order valence-electron chi connectivity index (χ2n) is 7.34. The third-order valence-corrected chi connectivity index (χ3v) is 5.52. The SMILES string of the molecule is CCc1ccccc1NC(=O)CSc1nnc(-c2ccccc2NC(=O)C(C)C)c(=O)[nH]1. The number of aryl methyl sites for hydroxylation is 1. The molecule has 8 nitrogen and oxygen atoms in total. The Bertz CT molecular complexity index is 1180. The van der Waals surface area contributed by atoms with Crippen LogP contribution in [0.15, 0.2) is 58.5 Å². The minimum Gasteiger partial charge on any atom is -0.325 e. The summed E-state index contributed by atoms with van der Waals surface area (Å²) in [7, 11) is 0. The van der Waals surface area contributed by atoms with Crippen LogP contribution in [-0.2, 0) is 16.0 Å². The van der Waals surface area contributed by atoms with Gasteiger partial charge in [0.1, 0.15) is 0 Å². The van der Waals surface area contributed by atoms with Gasteiger partial charge in [-0.05, 0) is 24.1 Å². The van der Waals surface area contributed by atoms with Crippen LogP contribution in [-0.4, -0.2) is 32.7 Å². The molecule has 2 aromatic carbocycles. The van der Waals surface area contributed by atoms with Gasteiger partial charge >= 0.3 is 0 Å². The number of para-hydroxylation sites is 2. The lowest BCUT2D eigenvalue weighted by Crippen LogP contribution is -2.20. The molecule has 0 bridgehead atoms. The number of thioether (sulfide) groups is 1. The van der Waals surface area contributed by atoms with Gasteiger partial charge in [0.15, 0.2) is 10.9 Å². The number of hydrogen-bond acceptors (Lipinski definition) is 6. The summed E-state index contributed by atoms with van der Waals surface area (Å²) in [6.07, 6.45) is 0.808. The molecule has 0 radical (unpaired) electrons. The molecule has 0 aliphatic heterocycles. The van der Waals surface area contributed by atoms with Gasteiger partial charge in [0.05, 0.1) is 11.4 Å². The van der Waals surface area contributed by atoms with Crippen LogP contribution in [0.4, 0.5) is 11.4 Å². The van der Waals surface area contributed by atoms with E-state index in [4.69, 9.17) is 0 Å². The molecule has 2 amide bonds. The predicted molar refractivity (Wildman–Crippen MR) is 127 cm³/mol. The molecular weight excluding hydrogens is 426 g/mol. The van der Waals surface area contributed by atoms with Crippen LogP contribution in [0.3, 0.4) is 0 Å². The monoisotopic (exact) mass is 451 g/mol. The van der Waals surface area contributed by atoms with Gasteiger partial charge in [-0.1, -0.05) is 68.9 Å². The van der Waals surface area contributed by atoms with Crippen molar-refractivity contribution in [2.75, 3.05) is 16.4 Å². The summed E-state index contributed by atoms with van der Waals surface area (Å²) in [4.78, 5) is 39.7. The van der Waals surface area contributed by atoms with Crippen molar-refractivity contribution in [2.24, 2.45) is 5.92 Å². The summed E-state index contributed by atoms with van der Waals surface area (Å²) < 4.78 is 0. The second-order valence-corrected chi connectivity index (χ2v) is 8.31. The van der Waals surface area contributed by atoms with Crippen LogP contribution in [0.1, 0.15) is 26.3 Å². The molecule has 3 aromatic rings. The third-order valence-electron chi connectivity index (χ3n) is 4.65. The first kappa shape index (κ1) is 23.2. The van der Waals surface area contributed by atoms with Gasteiger partial charge < -0.3 is 10.6 Å². The van der Waals surface area contributed by atoms with Crippen LogP contribution >= 0.6 is 11.8 Å². The number of aromatic nitrogens is 3. The zero-order chi connectivity index (χ0) is 23.1. The smallest absolute Gasteiger partial charge is 0.278 e. The summed E-state index contributed by atoms with van der Waals surface area (Å²) in [5, 5.41) is 14.0. The number of nitrogens with zero attached hydrogens (tertiary/aromatic N) is 2. The summed E-state index contributed by atoms with van der Waals surface area (Å²) in [5.74, 6) is -0.501. The lowest BCUT2D eigenvalue weighted by Gasteiger charge is -2.12. The highest BCUT2D eigenvalue weighted by Crippen LogP contribution is 2.24. The van der Waals surface area contributed by atoms with Crippen molar-refractivity contribution in [2.45, 2.75) is 32.3 Å².